The predicted molar refractivity (Wildman–Crippen MR) is 66.6 cm³/mol. The van der Waals surface area contributed by atoms with Crippen molar-refractivity contribution in [2.24, 2.45) is 0 Å². The van der Waals surface area contributed by atoms with Gasteiger partial charge in [0.25, 0.3) is 0 Å². The first-order valence-corrected chi connectivity index (χ1v) is 6.04. The van der Waals surface area contributed by atoms with Gasteiger partial charge in [0.05, 0.1) is 13.2 Å². The highest BCUT2D eigenvalue weighted by molar-refractivity contribution is 5.20. The Morgan fingerprint density at radius 2 is 1.89 bits per heavy atom. The molecule has 0 aliphatic rings. The molecule has 2 N–H and O–H groups in total. The molecule has 102 valence electrons. The van der Waals surface area contributed by atoms with Crippen LogP contribution < -0.4 is 15.2 Å². The third-order valence-electron chi connectivity index (χ3n) is 1.91. The van der Waals surface area contributed by atoms with E-state index in [1.54, 1.807) is 0 Å². The van der Waals surface area contributed by atoms with Gasteiger partial charge >= 0.3 is 12.0 Å². The molecule has 0 saturated carbocycles. The Kier molecular flexibility index (Phi) is 6.13. The predicted octanol–water partition coefficient (Wildman–Crippen LogP) is 1.05. The molecule has 7 nitrogen and oxygen atoms in total. The summed E-state index contributed by atoms with van der Waals surface area (Å²) in [5.41, 5.74) is 5.55. The van der Waals surface area contributed by atoms with E-state index in [4.69, 9.17) is 19.9 Å². The lowest BCUT2D eigenvalue weighted by molar-refractivity contribution is 0.0601. The van der Waals surface area contributed by atoms with Crippen molar-refractivity contribution in [3.63, 3.8) is 0 Å². The van der Waals surface area contributed by atoms with Crippen molar-refractivity contribution in [1.82, 2.24) is 15.0 Å². The minimum Gasteiger partial charge on any atom is -0.463 e. The topological polar surface area (TPSA) is 92.4 Å². The molecule has 1 unspecified atom stereocenters. The summed E-state index contributed by atoms with van der Waals surface area (Å²) in [6.45, 7) is 7.40. The van der Waals surface area contributed by atoms with E-state index in [1.165, 1.54) is 0 Å². The molecule has 0 saturated heterocycles. The molecule has 0 fully saturated rings. The molecule has 1 aromatic heterocycles. The molecule has 0 aromatic carbocycles. The SMILES string of the molecule is CCCOc1nc(N)nc(OC(C)COCC)n1. The average Bonchev–Trinajstić information content (AvgIpc) is 2.33. The quantitative estimate of drug-likeness (QED) is 0.743. The number of aromatic nitrogens is 3. The Balaban J connectivity index is 2.61. The highest BCUT2D eigenvalue weighted by Gasteiger charge is 2.10. The van der Waals surface area contributed by atoms with Gasteiger partial charge in [0.15, 0.2) is 0 Å². The number of ether oxygens (including phenoxy) is 3. The summed E-state index contributed by atoms with van der Waals surface area (Å²) < 4.78 is 16.0. The van der Waals surface area contributed by atoms with Crippen LogP contribution in [0.15, 0.2) is 0 Å². The molecule has 0 radical (unpaired) electrons. The third-order valence-corrected chi connectivity index (χ3v) is 1.91. The first-order chi connectivity index (χ1) is 8.65. The van der Waals surface area contributed by atoms with Crippen molar-refractivity contribution in [2.45, 2.75) is 33.3 Å². The number of rotatable bonds is 8. The zero-order valence-electron chi connectivity index (χ0n) is 11.0. The molecule has 1 rings (SSSR count). The van der Waals surface area contributed by atoms with Crippen LogP contribution in [0.25, 0.3) is 0 Å². The molecule has 18 heavy (non-hydrogen) atoms. The van der Waals surface area contributed by atoms with Crippen LogP contribution >= 0.6 is 0 Å². The van der Waals surface area contributed by atoms with Crippen molar-refractivity contribution in [3.8, 4) is 12.0 Å². The fraction of sp³-hybridized carbons (Fsp3) is 0.727. The largest absolute Gasteiger partial charge is 0.463 e. The summed E-state index contributed by atoms with van der Waals surface area (Å²) >= 11 is 0. The lowest BCUT2D eigenvalue weighted by Crippen LogP contribution is -2.21. The van der Waals surface area contributed by atoms with Gasteiger partial charge in [-0.2, -0.15) is 9.97 Å². The van der Waals surface area contributed by atoms with E-state index < -0.39 is 0 Å². The first-order valence-electron chi connectivity index (χ1n) is 6.04. The number of anilines is 1. The molecular weight excluding hydrogens is 236 g/mol. The van der Waals surface area contributed by atoms with Crippen LogP contribution in [-0.4, -0.2) is 40.9 Å². The fourth-order valence-corrected chi connectivity index (χ4v) is 1.16. The van der Waals surface area contributed by atoms with Crippen molar-refractivity contribution < 1.29 is 14.2 Å². The van der Waals surface area contributed by atoms with Crippen molar-refractivity contribution in [1.29, 1.82) is 0 Å². The lowest BCUT2D eigenvalue weighted by Gasteiger charge is -2.13. The van der Waals surface area contributed by atoms with Crippen molar-refractivity contribution in [2.75, 3.05) is 25.6 Å². The Bertz CT molecular complexity index is 362. The number of nitrogen functional groups attached to an aromatic ring is 1. The average molecular weight is 256 g/mol. The molecule has 0 bridgehead atoms. The number of hydrogen-bond donors (Lipinski definition) is 1. The molecule has 0 amide bonds. The van der Waals surface area contributed by atoms with Crippen LogP contribution in [0.4, 0.5) is 5.95 Å². The van der Waals surface area contributed by atoms with E-state index in [1.807, 2.05) is 20.8 Å². The normalized spacial score (nSPS) is 12.2. The Labute approximate surface area is 107 Å². The van der Waals surface area contributed by atoms with Crippen LogP contribution in [0.1, 0.15) is 27.2 Å². The molecule has 1 atom stereocenters. The maximum Gasteiger partial charge on any atom is 0.324 e. The Morgan fingerprint density at radius 1 is 1.17 bits per heavy atom. The minimum absolute atomic E-state index is 0.0784. The Hall–Kier alpha value is -1.63. The zero-order chi connectivity index (χ0) is 13.4. The summed E-state index contributed by atoms with van der Waals surface area (Å²) in [7, 11) is 0. The number of nitrogens with zero attached hydrogens (tertiary/aromatic N) is 3. The van der Waals surface area contributed by atoms with Gasteiger partial charge in [0.1, 0.15) is 6.10 Å². The molecule has 1 heterocycles. The minimum atomic E-state index is -0.161. The lowest BCUT2D eigenvalue weighted by atomic mass is 10.4. The van der Waals surface area contributed by atoms with E-state index >= 15 is 0 Å². The maximum absolute atomic E-state index is 5.55. The second-order valence-electron chi connectivity index (χ2n) is 3.70. The smallest absolute Gasteiger partial charge is 0.324 e. The molecule has 1 aromatic rings. The van der Waals surface area contributed by atoms with Gasteiger partial charge < -0.3 is 19.9 Å². The number of hydrogen-bond acceptors (Lipinski definition) is 7. The summed E-state index contributed by atoms with van der Waals surface area (Å²) in [6.07, 6.45) is 0.702. The zero-order valence-corrected chi connectivity index (χ0v) is 11.0. The van der Waals surface area contributed by atoms with Crippen LogP contribution in [0.2, 0.25) is 0 Å². The monoisotopic (exact) mass is 256 g/mol. The van der Waals surface area contributed by atoms with Gasteiger partial charge in [-0.05, 0) is 20.3 Å². The van der Waals surface area contributed by atoms with E-state index in [0.717, 1.165) is 6.42 Å². The summed E-state index contributed by atoms with van der Waals surface area (Å²) in [5.74, 6) is 0.0784. The molecular formula is C11H20N4O3. The third kappa shape index (κ3) is 5.13. The van der Waals surface area contributed by atoms with E-state index in [-0.39, 0.29) is 24.1 Å². The van der Waals surface area contributed by atoms with E-state index in [2.05, 4.69) is 15.0 Å². The molecule has 0 aliphatic heterocycles. The van der Waals surface area contributed by atoms with Gasteiger partial charge in [-0.1, -0.05) is 6.92 Å². The van der Waals surface area contributed by atoms with Gasteiger partial charge in [-0.3, -0.25) is 0 Å². The number of nitrogens with two attached hydrogens (primary N) is 1. The van der Waals surface area contributed by atoms with Crippen LogP contribution in [0.3, 0.4) is 0 Å². The fourth-order valence-electron chi connectivity index (χ4n) is 1.16. The van der Waals surface area contributed by atoms with Gasteiger partial charge in [0, 0.05) is 6.61 Å². The first kappa shape index (κ1) is 14.4. The second kappa shape index (κ2) is 7.65. The van der Waals surface area contributed by atoms with E-state index in [9.17, 15) is 0 Å². The highest BCUT2D eigenvalue weighted by Crippen LogP contribution is 2.12. The van der Waals surface area contributed by atoms with E-state index in [0.29, 0.717) is 19.8 Å². The van der Waals surface area contributed by atoms with Crippen LogP contribution in [0, 0.1) is 0 Å². The molecule has 0 aliphatic carbocycles. The molecule has 0 spiro atoms. The standard InChI is InChI=1S/C11H20N4O3/c1-4-6-17-10-13-9(12)14-11(15-10)18-8(3)7-16-5-2/h8H,4-7H2,1-3H3,(H2,12,13,14,15). The summed E-state index contributed by atoms with van der Waals surface area (Å²) in [6, 6.07) is 0.337. The van der Waals surface area contributed by atoms with Crippen LogP contribution in [-0.2, 0) is 4.74 Å². The second-order valence-corrected chi connectivity index (χ2v) is 3.70. The summed E-state index contributed by atoms with van der Waals surface area (Å²) in [4.78, 5) is 11.8. The van der Waals surface area contributed by atoms with Crippen molar-refractivity contribution >= 4 is 5.95 Å². The van der Waals surface area contributed by atoms with Crippen LogP contribution in [0.5, 0.6) is 12.0 Å². The van der Waals surface area contributed by atoms with Gasteiger partial charge in [-0.15, -0.1) is 4.98 Å². The summed E-state index contributed by atoms with van der Waals surface area (Å²) in [5, 5.41) is 0. The highest BCUT2D eigenvalue weighted by atomic mass is 16.5. The van der Waals surface area contributed by atoms with Crippen molar-refractivity contribution in [3.05, 3.63) is 0 Å². The maximum atomic E-state index is 5.55. The Morgan fingerprint density at radius 3 is 2.56 bits per heavy atom. The van der Waals surface area contributed by atoms with Gasteiger partial charge in [0.2, 0.25) is 5.95 Å². The molecule has 7 heteroatoms. The van der Waals surface area contributed by atoms with Gasteiger partial charge in [-0.25, -0.2) is 0 Å².